The molecule has 1 aliphatic carbocycles. The summed E-state index contributed by atoms with van der Waals surface area (Å²) in [6, 6.07) is 10.2. The maximum atomic E-state index is 13.2. The number of benzene rings is 1. The molecule has 4 heterocycles. The Morgan fingerprint density at radius 2 is 2.00 bits per heavy atom. The highest BCUT2D eigenvalue weighted by atomic mass is 16.5. The molecule has 3 N–H and O–H groups in total. The Hall–Kier alpha value is -3.92. The van der Waals surface area contributed by atoms with E-state index < -0.39 is 0 Å². The molecule has 4 aromatic rings. The third-order valence-corrected chi connectivity index (χ3v) is 8.16. The number of aromatic nitrogens is 5. The van der Waals surface area contributed by atoms with Gasteiger partial charge in [-0.25, -0.2) is 9.20 Å². The van der Waals surface area contributed by atoms with E-state index in [1.807, 2.05) is 64.6 Å². The molecular formula is C30H38N8O2. The minimum Gasteiger partial charge on any atom is -0.399 e. The van der Waals surface area contributed by atoms with Crippen LogP contribution in [0.3, 0.4) is 0 Å². The molecule has 1 amide bonds. The van der Waals surface area contributed by atoms with Crippen LogP contribution in [0.2, 0.25) is 0 Å². The lowest BCUT2D eigenvalue weighted by Gasteiger charge is -2.35. The first-order valence-electron chi connectivity index (χ1n) is 14.3. The monoisotopic (exact) mass is 542 g/mol. The molecule has 0 bridgehead atoms. The van der Waals surface area contributed by atoms with Gasteiger partial charge in [-0.1, -0.05) is 19.9 Å². The van der Waals surface area contributed by atoms with Gasteiger partial charge in [-0.3, -0.25) is 4.79 Å². The van der Waals surface area contributed by atoms with E-state index in [4.69, 9.17) is 20.6 Å². The van der Waals surface area contributed by atoms with Crippen molar-refractivity contribution in [3.05, 3.63) is 59.5 Å². The van der Waals surface area contributed by atoms with Crippen molar-refractivity contribution >= 4 is 23.2 Å². The average Bonchev–Trinajstić information content (AvgIpc) is 3.66. The largest absolute Gasteiger partial charge is 0.399 e. The van der Waals surface area contributed by atoms with Gasteiger partial charge in [-0.15, -0.1) is 5.10 Å². The Balaban J connectivity index is 1.22. The molecular weight excluding hydrogens is 504 g/mol. The Kier molecular flexibility index (Phi) is 6.95. The number of nitrogens with one attached hydrogen (secondary N) is 1. The van der Waals surface area contributed by atoms with Gasteiger partial charge in [-0.2, -0.15) is 10.1 Å². The zero-order valence-electron chi connectivity index (χ0n) is 23.7. The summed E-state index contributed by atoms with van der Waals surface area (Å²) in [5, 5.41) is 13.0. The summed E-state index contributed by atoms with van der Waals surface area (Å²) in [7, 11) is 0. The molecule has 6 rings (SSSR count). The van der Waals surface area contributed by atoms with Crippen LogP contribution in [-0.2, 0) is 11.3 Å². The summed E-state index contributed by atoms with van der Waals surface area (Å²) >= 11 is 0. The average molecular weight is 543 g/mol. The number of ether oxygens (including phenoxy) is 1. The maximum Gasteiger partial charge on any atom is 0.254 e. The highest BCUT2D eigenvalue weighted by Gasteiger charge is 2.35. The molecule has 1 aliphatic heterocycles. The van der Waals surface area contributed by atoms with Crippen molar-refractivity contribution in [1.29, 1.82) is 0 Å². The number of pyridine rings is 1. The molecule has 40 heavy (non-hydrogen) atoms. The van der Waals surface area contributed by atoms with E-state index in [1.165, 1.54) is 0 Å². The van der Waals surface area contributed by atoms with Crippen LogP contribution in [0.25, 0.3) is 16.8 Å². The minimum atomic E-state index is -0.130. The summed E-state index contributed by atoms with van der Waals surface area (Å²) in [5.41, 5.74) is 12.4. The van der Waals surface area contributed by atoms with E-state index in [1.54, 1.807) is 0 Å². The molecule has 1 unspecified atom stereocenters. The highest BCUT2D eigenvalue weighted by molar-refractivity contribution is 5.99. The van der Waals surface area contributed by atoms with Crippen molar-refractivity contribution in [3.8, 4) is 11.1 Å². The second-order valence-corrected chi connectivity index (χ2v) is 11.3. The quantitative estimate of drug-likeness (QED) is 0.293. The van der Waals surface area contributed by atoms with Crippen molar-refractivity contribution in [2.75, 3.05) is 17.7 Å². The van der Waals surface area contributed by atoms with E-state index in [-0.39, 0.29) is 30.1 Å². The fourth-order valence-corrected chi connectivity index (χ4v) is 6.22. The van der Waals surface area contributed by atoms with E-state index in [0.717, 1.165) is 59.3 Å². The molecule has 0 spiro atoms. The smallest absolute Gasteiger partial charge is 0.254 e. The van der Waals surface area contributed by atoms with Gasteiger partial charge < -0.3 is 20.7 Å². The minimum absolute atomic E-state index is 0.0897. The van der Waals surface area contributed by atoms with Gasteiger partial charge >= 0.3 is 0 Å². The zero-order chi connectivity index (χ0) is 28.0. The SMILES string of the molecule is CCOC(C)n1cc(-c2ccc3nc(N[C@@H]4CCC[C@H](N5Cc6ccc(N)cc6C5=O)C4)nn3c2C(C)C)cn1. The number of fused-ring (bicyclic) bond motifs is 2. The van der Waals surface area contributed by atoms with Crippen LogP contribution >= 0.6 is 0 Å². The van der Waals surface area contributed by atoms with Crippen LogP contribution in [0.5, 0.6) is 0 Å². The molecule has 1 fully saturated rings. The van der Waals surface area contributed by atoms with Crippen LogP contribution in [0.4, 0.5) is 11.6 Å². The molecule has 3 aromatic heterocycles. The zero-order valence-corrected chi connectivity index (χ0v) is 23.7. The van der Waals surface area contributed by atoms with Crippen LogP contribution in [0.1, 0.15) is 87.1 Å². The standard InChI is InChI=1S/C30H38N8O2/c1-5-40-19(4)37-17-21(15-32-37)25-11-12-27-34-30(35-38(27)28(25)18(2)3)33-23-7-6-8-24(14-23)36-16-20-9-10-22(31)13-26(20)29(36)39/h9-13,15,17-19,23-24H,5-8,14,16,31H2,1-4H3,(H,33,35)/t19?,23-,24+/m1/s1. The number of hydrogen-bond donors (Lipinski definition) is 2. The second-order valence-electron chi connectivity index (χ2n) is 11.3. The lowest BCUT2D eigenvalue weighted by atomic mass is 9.90. The molecule has 1 aromatic carbocycles. The first-order chi connectivity index (χ1) is 19.3. The third kappa shape index (κ3) is 4.81. The van der Waals surface area contributed by atoms with Crippen molar-refractivity contribution < 1.29 is 9.53 Å². The third-order valence-electron chi connectivity index (χ3n) is 8.16. The molecule has 3 atom stereocenters. The van der Waals surface area contributed by atoms with Gasteiger partial charge in [0.1, 0.15) is 6.23 Å². The lowest BCUT2D eigenvalue weighted by molar-refractivity contribution is 0.0160. The van der Waals surface area contributed by atoms with Gasteiger partial charge in [0.15, 0.2) is 5.65 Å². The summed E-state index contributed by atoms with van der Waals surface area (Å²) in [5.74, 6) is 0.929. The van der Waals surface area contributed by atoms with E-state index in [9.17, 15) is 4.79 Å². The summed E-state index contributed by atoms with van der Waals surface area (Å²) < 4.78 is 9.51. The Morgan fingerprint density at radius 3 is 2.80 bits per heavy atom. The van der Waals surface area contributed by atoms with Crippen molar-refractivity contribution in [1.82, 2.24) is 29.3 Å². The highest BCUT2D eigenvalue weighted by Crippen LogP contribution is 2.34. The number of nitrogen functional groups attached to an aromatic ring is 1. The van der Waals surface area contributed by atoms with Crippen LogP contribution < -0.4 is 11.1 Å². The number of carbonyl (C=O) groups excluding carboxylic acids is 1. The van der Waals surface area contributed by atoms with E-state index in [2.05, 4.69) is 30.3 Å². The number of anilines is 2. The molecule has 210 valence electrons. The lowest BCUT2D eigenvalue weighted by Crippen LogP contribution is -2.42. The fraction of sp³-hybridized carbons (Fsp3) is 0.467. The molecule has 0 saturated heterocycles. The van der Waals surface area contributed by atoms with Crippen LogP contribution in [0.15, 0.2) is 42.7 Å². The Labute approximate surface area is 234 Å². The first kappa shape index (κ1) is 26.3. The molecule has 2 aliphatic rings. The van der Waals surface area contributed by atoms with E-state index in [0.29, 0.717) is 24.8 Å². The Bertz CT molecular complexity index is 1540. The fourth-order valence-electron chi connectivity index (χ4n) is 6.22. The molecule has 10 nitrogen and oxygen atoms in total. The number of amides is 1. The van der Waals surface area contributed by atoms with Gasteiger partial charge in [0.05, 0.1) is 11.9 Å². The van der Waals surface area contributed by atoms with Gasteiger partial charge in [0.25, 0.3) is 5.91 Å². The number of rotatable bonds is 8. The number of carbonyl (C=O) groups is 1. The van der Waals surface area contributed by atoms with Gasteiger partial charge in [-0.05, 0) is 75.3 Å². The number of nitrogens with two attached hydrogens (primary N) is 1. The number of nitrogens with zero attached hydrogens (tertiary/aromatic N) is 6. The maximum absolute atomic E-state index is 13.2. The molecule has 0 radical (unpaired) electrons. The topological polar surface area (TPSA) is 116 Å². The number of hydrogen-bond acceptors (Lipinski definition) is 7. The molecule has 10 heteroatoms. The second kappa shape index (κ2) is 10.6. The van der Waals surface area contributed by atoms with E-state index >= 15 is 0 Å². The molecule has 1 saturated carbocycles. The summed E-state index contributed by atoms with van der Waals surface area (Å²) in [4.78, 5) is 20.0. The summed E-state index contributed by atoms with van der Waals surface area (Å²) in [6.45, 7) is 9.60. The van der Waals surface area contributed by atoms with Gasteiger partial charge in [0.2, 0.25) is 5.95 Å². The van der Waals surface area contributed by atoms with Crippen LogP contribution in [-0.4, -0.2) is 53.9 Å². The predicted octanol–water partition coefficient (Wildman–Crippen LogP) is 5.23. The first-order valence-corrected chi connectivity index (χ1v) is 14.3. The Morgan fingerprint density at radius 1 is 1.15 bits per heavy atom. The van der Waals surface area contributed by atoms with Crippen molar-refractivity contribution in [2.45, 2.75) is 84.2 Å². The predicted molar refractivity (Wildman–Crippen MR) is 155 cm³/mol. The van der Waals surface area contributed by atoms with Gasteiger partial charge in [0, 0.05) is 53.8 Å². The van der Waals surface area contributed by atoms with Crippen molar-refractivity contribution in [2.24, 2.45) is 0 Å². The summed E-state index contributed by atoms with van der Waals surface area (Å²) in [6.07, 6.45) is 7.71. The van der Waals surface area contributed by atoms with Crippen LogP contribution in [0, 0.1) is 0 Å². The normalized spacial score (nSPS) is 19.9. The van der Waals surface area contributed by atoms with Crippen molar-refractivity contribution in [3.63, 3.8) is 0 Å².